The Bertz CT molecular complexity index is 732. The number of likely N-dealkylation sites (N-methyl/N-ethyl adjacent to an activating group) is 1. The highest BCUT2D eigenvalue weighted by Gasteiger charge is 2.17. The number of guanidine groups is 1. The summed E-state index contributed by atoms with van der Waals surface area (Å²) < 4.78 is 1.96. The Morgan fingerprint density at radius 3 is 2.63 bits per heavy atom. The minimum atomic E-state index is 0.268. The number of hydrogen-bond acceptors (Lipinski definition) is 4. The summed E-state index contributed by atoms with van der Waals surface area (Å²) in [4.78, 5) is 8.43. The molecule has 0 aliphatic heterocycles. The molecule has 0 radical (unpaired) electrons. The number of aryl methyl sites for hydroxylation is 2. The van der Waals surface area contributed by atoms with Crippen LogP contribution in [-0.4, -0.2) is 53.9 Å². The topological polar surface area (TPSA) is 57.5 Å². The van der Waals surface area contributed by atoms with E-state index in [1.54, 1.807) is 11.3 Å². The van der Waals surface area contributed by atoms with E-state index in [1.807, 2.05) is 11.7 Å². The maximum atomic E-state index is 4.86. The number of nitrogens with zero attached hydrogens (tertiary/aromatic N) is 4. The smallest absolute Gasteiger partial charge is 0.191 e. The van der Waals surface area contributed by atoms with Crippen molar-refractivity contribution in [1.29, 1.82) is 0 Å². The van der Waals surface area contributed by atoms with Gasteiger partial charge in [0.1, 0.15) is 0 Å². The quantitative estimate of drug-likeness (QED) is 0.538. The van der Waals surface area contributed by atoms with Crippen LogP contribution in [0, 0.1) is 13.8 Å². The Morgan fingerprint density at radius 2 is 2.11 bits per heavy atom. The molecule has 0 bridgehead atoms. The molecule has 0 aliphatic carbocycles. The molecule has 7 heteroatoms. The molecule has 2 atom stereocenters. The Balaban J connectivity index is 2.05. The van der Waals surface area contributed by atoms with Crippen molar-refractivity contribution < 1.29 is 0 Å². The van der Waals surface area contributed by atoms with Crippen molar-refractivity contribution in [2.24, 2.45) is 12.0 Å². The van der Waals surface area contributed by atoms with Gasteiger partial charge in [0.2, 0.25) is 0 Å². The molecule has 0 aliphatic rings. The third-order valence-corrected chi connectivity index (χ3v) is 5.79. The van der Waals surface area contributed by atoms with Crippen LogP contribution >= 0.6 is 11.3 Å². The lowest BCUT2D eigenvalue weighted by Gasteiger charge is -2.23. The molecule has 0 saturated carbocycles. The Labute approximate surface area is 167 Å². The molecule has 0 saturated heterocycles. The number of aromatic nitrogens is 2. The first-order valence-corrected chi connectivity index (χ1v) is 10.4. The van der Waals surface area contributed by atoms with Crippen molar-refractivity contribution in [3.63, 3.8) is 0 Å². The van der Waals surface area contributed by atoms with Gasteiger partial charge in [0.05, 0.1) is 18.3 Å². The lowest BCUT2D eigenvalue weighted by molar-refractivity contribution is 0.310. The molecule has 0 amide bonds. The fourth-order valence-electron chi connectivity index (χ4n) is 3.19. The van der Waals surface area contributed by atoms with Gasteiger partial charge < -0.3 is 15.5 Å². The molecule has 2 rings (SSSR count). The summed E-state index contributed by atoms with van der Waals surface area (Å²) in [6, 6.07) is 4.84. The lowest BCUT2D eigenvalue weighted by Crippen LogP contribution is -2.43. The predicted molar refractivity (Wildman–Crippen MR) is 116 cm³/mol. The lowest BCUT2D eigenvalue weighted by atomic mass is 10.1. The second kappa shape index (κ2) is 9.90. The first kappa shape index (κ1) is 21.4. The zero-order chi connectivity index (χ0) is 20.0. The molecule has 27 heavy (non-hydrogen) atoms. The second-order valence-corrected chi connectivity index (χ2v) is 8.22. The Morgan fingerprint density at radius 1 is 1.37 bits per heavy atom. The maximum absolute atomic E-state index is 4.86. The molecule has 2 aromatic rings. The van der Waals surface area contributed by atoms with Crippen LogP contribution in [-0.2, 0) is 13.5 Å². The van der Waals surface area contributed by atoms with Gasteiger partial charge in [0.25, 0.3) is 0 Å². The average Bonchev–Trinajstić information content (AvgIpc) is 3.20. The van der Waals surface area contributed by atoms with Gasteiger partial charge in [0.15, 0.2) is 5.96 Å². The highest BCUT2D eigenvalue weighted by molar-refractivity contribution is 7.10. The van der Waals surface area contributed by atoms with E-state index < -0.39 is 0 Å². The van der Waals surface area contributed by atoms with E-state index in [0.717, 1.165) is 31.2 Å². The standard InChI is InChI=1S/C20H34N6S/c1-8-21-20(22-13-18(25(5)6)19-10-9-11-27-19)23-14(2)12-17-15(3)24-26(7)16(17)4/h9-11,14,18H,8,12-13H2,1-7H3,(H2,21,22,23). The van der Waals surface area contributed by atoms with Crippen LogP contribution in [0.1, 0.15) is 41.7 Å². The highest BCUT2D eigenvalue weighted by atomic mass is 32.1. The molecule has 2 N–H and O–H groups in total. The number of thiophene rings is 1. The van der Waals surface area contributed by atoms with Gasteiger partial charge in [-0.05, 0) is 65.2 Å². The molecule has 2 unspecified atom stereocenters. The van der Waals surface area contributed by atoms with Crippen LogP contribution in [0.3, 0.4) is 0 Å². The minimum absolute atomic E-state index is 0.268. The molecule has 0 spiro atoms. The summed E-state index contributed by atoms with van der Waals surface area (Å²) in [7, 11) is 6.22. The van der Waals surface area contributed by atoms with Gasteiger partial charge in [-0.2, -0.15) is 5.10 Å². The van der Waals surface area contributed by atoms with Crippen LogP contribution in [0.15, 0.2) is 22.5 Å². The molecular weight excluding hydrogens is 356 g/mol. The Kier molecular flexibility index (Phi) is 7.86. The summed E-state index contributed by atoms with van der Waals surface area (Å²) in [6.07, 6.45) is 0.929. The van der Waals surface area contributed by atoms with Crippen LogP contribution in [0.5, 0.6) is 0 Å². The summed E-state index contributed by atoms with van der Waals surface area (Å²) >= 11 is 1.78. The zero-order valence-electron chi connectivity index (χ0n) is 17.7. The molecule has 0 fully saturated rings. The van der Waals surface area contributed by atoms with Crippen molar-refractivity contribution in [2.75, 3.05) is 27.2 Å². The maximum Gasteiger partial charge on any atom is 0.191 e. The summed E-state index contributed by atoms with van der Waals surface area (Å²) in [6.45, 7) is 10.1. The first-order chi connectivity index (χ1) is 12.8. The predicted octanol–water partition coefficient (Wildman–Crippen LogP) is 2.89. The first-order valence-electron chi connectivity index (χ1n) is 9.57. The zero-order valence-corrected chi connectivity index (χ0v) is 18.5. The fourth-order valence-corrected chi connectivity index (χ4v) is 4.10. The Hall–Kier alpha value is -1.86. The van der Waals surface area contributed by atoms with Gasteiger partial charge in [-0.1, -0.05) is 6.07 Å². The number of rotatable bonds is 8. The second-order valence-electron chi connectivity index (χ2n) is 7.24. The van der Waals surface area contributed by atoms with Crippen molar-refractivity contribution in [1.82, 2.24) is 25.3 Å². The molecule has 150 valence electrons. The van der Waals surface area contributed by atoms with E-state index in [9.17, 15) is 0 Å². The normalized spacial score (nSPS) is 14.4. The van der Waals surface area contributed by atoms with Crippen LogP contribution < -0.4 is 10.6 Å². The average molecular weight is 391 g/mol. The van der Waals surface area contributed by atoms with Gasteiger partial charge in [-0.3, -0.25) is 9.67 Å². The third kappa shape index (κ3) is 5.81. The largest absolute Gasteiger partial charge is 0.357 e. The van der Waals surface area contributed by atoms with Crippen LogP contribution in [0.25, 0.3) is 0 Å². The molecule has 2 aromatic heterocycles. The van der Waals surface area contributed by atoms with E-state index in [1.165, 1.54) is 16.1 Å². The molecule has 0 aromatic carbocycles. The summed E-state index contributed by atoms with van der Waals surface area (Å²) in [5.41, 5.74) is 3.66. The molecule has 2 heterocycles. The number of hydrogen-bond donors (Lipinski definition) is 2. The van der Waals surface area contributed by atoms with Crippen LogP contribution in [0.2, 0.25) is 0 Å². The van der Waals surface area contributed by atoms with E-state index in [0.29, 0.717) is 6.04 Å². The summed E-state index contributed by atoms with van der Waals surface area (Å²) in [5.74, 6) is 0.868. The number of nitrogens with one attached hydrogen (secondary N) is 2. The third-order valence-electron chi connectivity index (χ3n) is 4.81. The SMILES string of the molecule is CCNC(=NCC(c1cccs1)N(C)C)NC(C)Cc1c(C)nn(C)c1C. The van der Waals surface area contributed by atoms with Crippen molar-refractivity contribution in [2.45, 2.75) is 46.2 Å². The fraction of sp³-hybridized carbons (Fsp3) is 0.600. The van der Waals surface area contributed by atoms with Crippen LogP contribution in [0.4, 0.5) is 0 Å². The molecular formula is C20H34N6S. The van der Waals surface area contributed by atoms with E-state index in [2.05, 4.69) is 79.9 Å². The summed E-state index contributed by atoms with van der Waals surface area (Å²) in [5, 5.41) is 13.6. The van der Waals surface area contributed by atoms with E-state index in [-0.39, 0.29) is 6.04 Å². The van der Waals surface area contributed by atoms with Crippen molar-refractivity contribution in [3.05, 3.63) is 39.3 Å². The van der Waals surface area contributed by atoms with Gasteiger partial charge >= 0.3 is 0 Å². The highest BCUT2D eigenvalue weighted by Crippen LogP contribution is 2.23. The van der Waals surface area contributed by atoms with E-state index in [4.69, 9.17) is 4.99 Å². The van der Waals surface area contributed by atoms with Crippen molar-refractivity contribution >= 4 is 17.3 Å². The van der Waals surface area contributed by atoms with Crippen molar-refractivity contribution in [3.8, 4) is 0 Å². The van der Waals surface area contributed by atoms with E-state index >= 15 is 0 Å². The number of aliphatic imine (C=N–C) groups is 1. The van der Waals surface area contributed by atoms with Gasteiger partial charge in [-0.25, -0.2) is 0 Å². The van der Waals surface area contributed by atoms with Gasteiger partial charge in [-0.15, -0.1) is 11.3 Å². The monoisotopic (exact) mass is 390 g/mol. The minimum Gasteiger partial charge on any atom is -0.357 e. The van der Waals surface area contributed by atoms with Gasteiger partial charge in [0, 0.05) is 30.2 Å². The molecule has 6 nitrogen and oxygen atoms in total.